The number of hydrogen-bond acceptors (Lipinski definition) is 5. The fourth-order valence-electron chi connectivity index (χ4n) is 4.56. The molecule has 3 aliphatic heterocycles. The van der Waals surface area contributed by atoms with Gasteiger partial charge in [-0.1, -0.05) is 17.3 Å². The van der Waals surface area contributed by atoms with Crippen molar-refractivity contribution in [1.82, 2.24) is 25.2 Å². The molecule has 3 saturated heterocycles. The van der Waals surface area contributed by atoms with E-state index in [-0.39, 0.29) is 17.6 Å². The van der Waals surface area contributed by atoms with E-state index in [2.05, 4.69) is 20.5 Å². The van der Waals surface area contributed by atoms with Crippen molar-refractivity contribution in [2.45, 2.75) is 44.3 Å². The molecule has 7 heteroatoms. The number of fused-ring (bicyclic) bond motifs is 3. The molecule has 4 aliphatic rings. The van der Waals surface area contributed by atoms with Gasteiger partial charge >= 0.3 is 0 Å². The lowest BCUT2D eigenvalue weighted by molar-refractivity contribution is -0.133. The van der Waals surface area contributed by atoms with Crippen molar-refractivity contribution >= 4 is 5.91 Å². The van der Waals surface area contributed by atoms with Gasteiger partial charge in [-0.25, -0.2) is 0 Å². The minimum absolute atomic E-state index is 0.147. The molecule has 1 unspecified atom stereocenters. The molecule has 2 N–H and O–H groups in total. The molecular formula is C20H25N5O2. The zero-order valence-electron chi connectivity index (χ0n) is 15.3. The maximum absolute atomic E-state index is 12.5. The van der Waals surface area contributed by atoms with Crippen molar-refractivity contribution in [1.29, 1.82) is 0 Å². The summed E-state index contributed by atoms with van der Waals surface area (Å²) in [5.41, 5.74) is 1.63. The van der Waals surface area contributed by atoms with Crippen molar-refractivity contribution in [2.24, 2.45) is 11.8 Å². The summed E-state index contributed by atoms with van der Waals surface area (Å²) >= 11 is 0. The number of phenols is 1. The molecule has 4 atom stereocenters. The van der Waals surface area contributed by atoms with Crippen LogP contribution in [0.1, 0.15) is 25.7 Å². The molecule has 1 aliphatic carbocycles. The largest absolute Gasteiger partial charge is 0.508 e. The molecule has 1 saturated carbocycles. The molecule has 142 valence electrons. The first-order valence-corrected chi connectivity index (χ1v) is 9.89. The first kappa shape index (κ1) is 16.7. The molecule has 2 aromatic rings. The SMILES string of the molecule is O=C(NC1CC1)[C@H]1CN2CC[C@H]1C[C@@H]2Cn1cc(-c2cccc(O)c2)nn1. The number of rotatable bonds is 5. The van der Waals surface area contributed by atoms with Gasteiger partial charge < -0.3 is 10.4 Å². The summed E-state index contributed by atoms with van der Waals surface area (Å²) in [5.74, 6) is 1.12. The molecule has 27 heavy (non-hydrogen) atoms. The number of nitrogens with one attached hydrogen (secondary N) is 1. The van der Waals surface area contributed by atoms with Gasteiger partial charge in [-0.2, -0.15) is 0 Å². The number of aromatic hydroxyl groups is 1. The van der Waals surface area contributed by atoms with E-state index >= 15 is 0 Å². The van der Waals surface area contributed by atoms with E-state index in [9.17, 15) is 9.90 Å². The molecule has 0 spiro atoms. The lowest BCUT2D eigenvalue weighted by Gasteiger charge is -2.49. The molecule has 7 nitrogen and oxygen atoms in total. The van der Waals surface area contributed by atoms with Crippen LogP contribution in [0.5, 0.6) is 5.75 Å². The van der Waals surface area contributed by atoms with Gasteiger partial charge in [-0.15, -0.1) is 5.10 Å². The summed E-state index contributed by atoms with van der Waals surface area (Å²) in [4.78, 5) is 15.0. The Kier molecular flexibility index (Phi) is 4.11. The number of aromatic nitrogens is 3. The Labute approximate surface area is 158 Å². The monoisotopic (exact) mass is 367 g/mol. The number of carbonyl (C=O) groups excluding carboxylic acids is 1. The second-order valence-electron chi connectivity index (χ2n) is 8.20. The van der Waals surface area contributed by atoms with Gasteiger partial charge in [0.25, 0.3) is 0 Å². The minimum Gasteiger partial charge on any atom is -0.508 e. The van der Waals surface area contributed by atoms with E-state index in [1.165, 1.54) is 0 Å². The summed E-state index contributed by atoms with van der Waals surface area (Å²) < 4.78 is 1.89. The van der Waals surface area contributed by atoms with Crippen LogP contribution in [-0.2, 0) is 11.3 Å². The molecule has 1 aromatic carbocycles. The van der Waals surface area contributed by atoms with E-state index in [1.54, 1.807) is 12.1 Å². The Morgan fingerprint density at radius 1 is 1.30 bits per heavy atom. The van der Waals surface area contributed by atoms with E-state index in [1.807, 2.05) is 23.0 Å². The van der Waals surface area contributed by atoms with Crippen LogP contribution in [0.4, 0.5) is 0 Å². The van der Waals surface area contributed by atoms with Crippen molar-refractivity contribution < 1.29 is 9.90 Å². The third-order valence-electron chi connectivity index (χ3n) is 6.22. The Morgan fingerprint density at radius 3 is 2.93 bits per heavy atom. The molecule has 4 fully saturated rings. The summed E-state index contributed by atoms with van der Waals surface area (Å²) in [5, 5.41) is 21.4. The van der Waals surface area contributed by atoms with Crippen molar-refractivity contribution in [3.8, 4) is 17.0 Å². The van der Waals surface area contributed by atoms with E-state index in [4.69, 9.17) is 0 Å². The number of amides is 1. The topological polar surface area (TPSA) is 83.3 Å². The highest BCUT2D eigenvalue weighted by atomic mass is 16.3. The molecule has 1 amide bonds. The van der Waals surface area contributed by atoms with Gasteiger partial charge in [-0.05, 0) is 50.3 Å². The minimum atomic E-state index is 0.147. The van der Waals surface area contributed by atoms with Crippen molar-refractivity contribution in [3.63, 3.8) is 0 Å². The lowest BCUT2D eigenvalue weighted by atomic mass is 9.75. The third kappa shape index (κ3) is 3.43. The van der Waals surface area contributed by atoms with E-state index in [0.717, 1.165) is 56.6 Å². The number of phenolic OH excluding ortho intramolecular Hbond substituents is 1. The van der Waals surface area contributed by atoms with Crippen LogP contribution in [0.3, 0.4) is 0 Å². The molecular weight excluding hydrogens is 342 g/mol. The van der Waals surface area contributed by atoms with Gasteiger partial charge in [-0.3, -0.25) is 14.4 Å². The van der Waals surface area contributed by atoms with Crippen LogP contribution < -0.4 is 5.32 Å². The number of nitrogens with zero attached hydrogens (tertiary/aromatic N) is 4. The Balaban J connectivity index is 1.24. The first-order valence-electron chi connectivity index (χ1n) is 9.89. The maximum Gasteiger partial charge on any atom is 0.224 e. The van der Waals surface area contributed by atoms with Crippen LogP contribution in [0.2, 0.25) is 0 Å². The standard InChI is InChI=1S/C20H25N5O2/c26-17-3-1-2-14(9-17)19-12-25(23-22-19)10-16-8-13-6-7-24(16)11-18(13)20(27)21-15-4-5-15/h1-3,9,12-13,15-16,18,26H,4-8,10-11H2,(H,21,27)/t13-,16+,18-/m0/s1. The van der Waals surface area contributed by atoms with Crippen LogP contribution >= 0.6 is 0 Å². The average Bonchev–Trinajstić information content (AvgIpc) is 3.37. The quantitative estimate of drug-likeness (QED) is 0.839. The van der Waals surface area contributed by atoms with E-state index < -0.39 is 0 Å². The summed E-state index contributed by atoms with van der Waals surface area (Å²) in [6.45, 7) is 2.72. The Bertz CT molecular complexity index is 846. The predicted octanol–water partition coefficient (Wildman–Crippen LogP) is 1.64. The van der Waals surface area contributed by atoms with Gasteiger partial charge in [0.05, 0.1) is 18.7 Å². The molecule has 4 heterocycles. The van der Waals surface area contributed by atoms with Gasteiger partial charge in [0.2, 0.25) is 5.91 Å². The second kappa shape index (κ2) is 6.64. The van der Waals surface area contributed by atoms with Crippen LogP contribution in [0.25, 0.3) is 11.3 Å². The number of benzene rings is 1. The predicted molar refractivity (Wildman–Crippen MR) is 99.9 cm³/mol. The van der Waals surface area contributed by atoms with Crippen LogP contribution in [0.15, 0.2) is 30.5 Å². The number of carbonyl (C=O) groups is 1. The fourth-order valence-corrected chi connectivity index (χ4v) is 4.56. The van der Waals surface area contributed by atoms with Crippen molar-refractivity contribution in [3.05, 3.63) is 30.5 Å². The Morgan fingerprint density at radius 2 is 2.19 bits per heavy atom. The maximum atomic E-state index is 12.5. The highest BCUT2D eigenvalue weighted by Gasteiger charge is 2.44. The summed E-state index contributed by atoms with van der Waals surface area (Å²) in [7, 11) is 0. The molecule has 6 rings (SSSR count). The van der Waals surface area contributed by atoms with Crippen LogP contribution in [0, 0.1) is 11.8 Å². The second-order valence-corrected chi connectivity index (χ2v) is 8.20. The number of piperidine rings is 3. The van der Waals surface area contributed by atoms with Gasteiger partial charge in [0.1, 0.15) is 11.4 Å². The van der Waals surface area contributed by atoms with Gasteiger partial charge in [0, 0.05) is 24.2 Å². The van der Waals surface area contributed by atoms with E-state index in [0.29, 0.717) is 18.0 Å². The summed E-state index contributed by atoms with van der Waals surface area (Å²) in [6.07, 6.45) is 6.39. The zero-order chi connectivity index (χ0) is 18.4. The third-order valence-corrected chi connectivity index (χ3v) is 6.22. The summed E-state index contributed by atoms with van der Waals surface area (Å²) in [6, 6.07) is 7.92. The highest BCUT2D eigenvalue weighted by Crippen LogP contribution is 2.37. The highest BCUT2D eigenvalue weighted by molar-refractivity contribution is 5.80. The van der Waals surface area contributed by atoms with Crippen LogP contribution in [-0.4, -0.2) is 56.1 Å². The molecule has 0 radical (unpaired) electrons. The fraction of sp³-hybridized carbons (Fsp3) is 0.550. The number of hydrogen-bond donors (Lipinski definition) is 2. The molecule has 1 aromatic heterocycles. The normalized spacial score (nSPS) is 29.6. The average molecular weight is 367 g/mol. The zero-order valence-corrected chi connectivity index (χ0v) is 15.3. The van der Waals surface area contributed by atoms with Gasteiger partial charge in [0.15, 0.2) is 0 Å². The van der Waals surface area contributed by atoms with Crippen molar-refractivity contribution in [2.75, 3.05) is 13.1 Å². The first-order chi connectivity index (χ1) is 13.2. The molecule has 2 bridgehead atoms. The smallest absolute Gasteiger partial charge is 0.224 e. The Hall–Kier alpha value is -2.41. The lowest BCUT2D eigenvalue weighted by Crippen LogP contribution is -2.58.